The Kier molecular flexibility index (Phi) is 8.86. The standard InChI is InChI=1S/C30H29ClN4O5/c1-18-26(33-30(39)40-19(2)21-7-5-4-6-8-21)27(34-35(18)3)22-11-13-23(14-12-22)28(36)32-25(29(37)38)17-20-9-15-24(31)16-10-20/h4-16,19,25H,17H2,1-3H3,(H,32,36)(H,33,39)(H,37,38)/t19-,25?/m1/s1. The van der Waals surface area contributed by atoms with Crippen LogP contribution in [0.1, 0.15) is 40.2 Å². The van der Waals surface area contributed by atoms with Crippen LogP contribution in [-0.4, -0.2) is 38.9 Å². The van der Waals surface area contributed by atoms with E-state index in [4.69, 9.17) is 16.3 Å². The number of carbonyl (C=O) groups is 3. The van der Waals surface area contributed by atoms with Gasteiger partial charge in [0.25, 0.3) is 5.91 Å². The van der Waals surface area contributed by atoms with Gasteiger partial charge < -0.3 is 15.2 Å². The number of nitrogens with one attached hydrogen (secondary N) is 2. The van der Waals surface area contributed by atoms with Gasteiger partial charge in [-0.1, -0.05) is 66.2 Å². The van der Waals surface area contributed by atoms with Crippen LogP contribution in [0.25, 0.3) is 11.3 Å². The third-order valence-electron chi connectivity index (χ3n) is 6.49. The van der Waals surface area contributed by atoms with Gasteiger partial charge in [0.2, 0.25) is 0 Å². The Morgan fingerprint density at radius 2 is 1.65 bits per heavy atom. The van der Waals surface area contributed by atoms with E-state index >= 15 is 0 Å². The quantitative estimate of drug-likeness (QED) is 0.238. The summed E-state index contributed by atoms with van der Waals surface area (Å²) in [6, 6.07) is 21.6. The fourth-order valence-corrected chi connectivity index (χ4v) is 4.25. The maximum absolute atomic E-state index is 12.9. The van der Waals surface area contributed by atoms with Crippen molar-refractivity contribution in [1.82, 2.24) is 15.1 Å². The molecule has 0 fully saturated rings. The zero-order valence-electron chi connectivity index (χ0n) is 22.2. The minimum Gasteiger partial charge on any atom is -0.480 e. The minimum absolute atomic E-state index is 0.109. The largest absolute Gasteiger partial charge is 0.480 e. The number of rotatable bonds is 9. The highest BCUT2D eigenvalue weighted by molar-refractivity contribution is 6.30. The van der Waals surface area contributed by atoms with Gasteiger partial charge in [-0.15, -0.1) is 0 Å². The summed E-state index contributed by atoms with van der Waals surface area (Å²) in [7, 11) is 1.76. The van der Waals surface area contributed by atoms with E-state index in [0.29, 0.717) is 27.7 Å². The van der Waals surface area contributed by atoms with Crippen molar-refractivity contribution in [3.8, 4) is 11.3 Å². The SMILES string of the molecule is Cc1c(NC(=O)O[C@H](C)c2ccccc2)c(-c2ccc(C(=O)NC(Cc3ccc(Cl)cc3)C(=O)O)cc2)nn1C. The molecule has 0 aliphatic carbocycles. The number of aryl methyl sites for hydroxylation is 1. The Morgan fingerprint density at radius 1 is 1.00 bits per heavy atom. The summed E-state index contributed by atoms with van der Waals surface area (Å²) in [6.45, 7) is 3.61. The summed E-state index contributed by atoms with van der Waals surface area (Å²) in [6.07, 6.45) is -0.962. The van der Waals surface area contributed by atoms with Crippen LogP contribution in [0.3, 0.4) is 0 Å². The lowest BCUT2D eigenvalue weighted by molar-refractivity contribution is -0.139. The molecule has 1 unspecified atom stereocenters. The monoisotopic (exact) mass is 560 g/mol. The third-order valence-corrected chi connectivity index (χ3v) is 6.74. The number of carbonyl (C=O) groups excluding carboxylic acids is 2. The van der Waals surface area contributed by atoms with Crippen LogP contribution in [-0.2, 0) is 23.0 Å². The van der Waals surface area contributed by atoms with E-state index in [-0.39, 0.29) is 12.0 Å². The molecule has 206 valence electrons. The highest BCUT2D eigenvalue weighted by atomic mass is 35.5. The minimum atomic E-state index is -1.15. The summed E-state index contributed by atoms with van der Waals surface area (Å²) < 4.78 is 7.20. The van der Waals surface area contributed by atoms with Gasteiger partial charge in [-0.2, -0.15) is 5.10 Å². The summed E-state index contributed by atoms with van der Waals surface area (Å²) in [5.41, 5.74) is 4.24. The van der Waals surface area contributed by atoms with Crippen molar-refractivity contribution in [1.29, 1.82) is 0 Å². The average molecular weight is 561 g/mol. The van der Waals surface area contributed by atoms with Crippen molar-refractivity contribution < 1.29 is 24.2 Å². The second-order valence-corrected chi connectivity index (χ2v) is 9.72. The molecular weight excluding hydrogens is 532 g/mol. The first-order valence-electron chi connectivity index (χ1n) is 12.6. The van der Waals surface area contributed by atoms with E-state index in [1.54, 1.807) is 67.2 Å². The van der Waals surface area contributed by atoms with E-state index in [1.807, 2.05) is 37.3 Å². The van der Waals surface area contributed by atoms with E-state index < -0.39 is 30.1 Å². The number of anilines is 1. The van der Waals surface area contributed by atoms with Crippen molar-refractivity contribution >= 4 is 35.3 Å². The molecule has 0 saturated carbocycles. The molecule has 9 nitrogen and oxygen atoms in total. The molecule has 2 atom stereocenters. The molecule has 4 rings (SSSR count). The lowest BCUT2D eigenvalue weighted by atomic mass is 10.0. The van der Waals surface area contributed by atoms with Crippen molar-refractivity contribution in [2.75, 3.05) is 5.32 Å². The molecular formula is C30H29ClN4O5. The summed E-state index contributed by atoms with van der Waals surface area (Å²) in [5, 5.41) is 20.1. The molecule has 3 N–H and O–H groups in total. The first-order valence-corrected chi connectivity index (χ1v) is 12.9. The summed E-state index contributed by atoms with van der Waals surface area (Å²) in [5.74, 6) is -1.67. The van der Waals surface area contributed by atoms with Crippen LogP contribution in [0.5, 0.6) is 0 Å². The lowest BCUT2D eigenvalue weighted by Gasteiger charge is -2.15. The lowest BCUT2D eigenvalue weighted by Crippen LogP contribution is -2.42. The molecule has 3 aromatic carbocycles. The Hall–Kier alpha value is -4.63. The molecule has 0 radical (unpaired) electrons. The van der Waals surface area contributed by atoms with Crippen LogP contribution in [0.15, 0.2) is 78.9 Å². The van der Waals surface area contributed by atoms with Crippen LogP contribution >= 0.6 is 11.6 Å². The number of nitrogens with zero attached hydrogens (tertiary/aromatic N) is 2. The highest BCUT2D eigenvalue weighted by Crippen LogP contribution is 2.30. The van der Waals surface area contributed by atoms with E-state index in [1.165, 1.54) is 0 Å². The predicted molar refractivity (Wildman–Crippen MR) is 152 cm³/mol. The third kappa shape index (κ3) is 6.86. The first kappa shape index (κ1) is 28.4. The topological polar surface area (TPSA) is 123 Å². The average Bonchev–Trinajstić information content (AvgIpc) is 3.22. The van der Waals surface area contributed by atoms with Gasteiger partial charge in [0.15, 0.2) is 0 Å². The summed E-state index contributed by atoms with van der Waals surface area (Å²) >= 11 is 5.90. The second kappa shape index (κ2) is 12.5. The van der Waals surface area contributed by atoms with Gasteiger partial charge in [-0.05, 0) is 49.2 Å². The maximum atomic E-state index is 12.9. The highest BCUT2D eigenvalue weighted by Gasteiger charge is 2.23. The maximum Gasteiger partial charge on any atom is 0.412 e. The predicted octanol–water partition coefficient (Wildman–Crippen LogP) is 5.78. The molecule has 4 aromatic rings. The fraction of sp³-hybridized carbons (Fsp3) is 0.200. The van der Waals surface area contributed by atoms with Gasteiger partial charge >= 0.3 is 12.1 Å². The number of carboxylic acid groups (broad SMARTS) is 1. The Morgan fingerprint density at radius 3 is 2.27 bits per heavy atom. The molecule has 0 saturated heterocycles. The van der Waals surface area contributed by atoms with Crippen LogP contribution in [0.4, 0.5) is 10.5 Å². The molecule has 10 heteroatoms. The number of ether oxygens (including phenoxy) is 1. The van der Waals surface area contributed by atoms with Gasteiger partial charge in [-0.25, -0.2) is 9.59 Å². The zero-order valence-corrected chi connectivity index (χ0v) is 23.0. The second-order valence-electron chi connectivity index (χ2n) is 9.29. The summed E-state index contributed by atoms with van der Waals surface area (Å²) in [4.78, 5) is 37.4. The number of amides is 2. The van der Waals surface area contributed by atoms with Crippen molar-refractivity contribution in [3.05, 3.63) is 106 Å². The molecule has 0 aliphatic rings. The number of carboxylic acids is 1. The van der Waals surface area contributed by atoms with E-state index in [2.05, 4.69) is 15.7 Å². The van der Waals surface area contributed by atoms with Crippen molar-refractivity contribution in [2.45, 2.75) is 32.4 Å². The van der Waals surface area contributed by atoms with Gasteiger partial charge in [0.05, 0.1) is 11.4 Å². The number of hydrogen-bond acceptors (Lipinski definition) is 5. The number of aliphatic carboxylic acids is 1. The number of benzene rings is 3. The molecule has 40 heavy (non-hydrogen) atoms. The zero-order chi connectivity index (χ0) is 28.8. The number of aromatic nitrogens is 2. The van der Waals surface area contributed by atoms with Crippen LogP contribution < -0.4 is 10.6 Å². The Balaban J connectivity index is 1.46. The van der Waals surface area contributed by atoms with Crippen LogP contribution in [0.2, 0.25) is 5.02 Å². The Labute approximate surface area is 236 Å². The molecule has 0 aliphatic heterocycles. The number of halogens is 1. The molecule has 1 aromatic heterocycles. The smallest absolute Gasteiger partial charge is 0.412 e. The number of hydrogen-bond donors (Lipinski definition) is 3. The molecule has 2 amide bonds. The van der Waals surface area contributed by atoms with E-state index in [0.717, 1.165) is 11.1 Å². The normalized spacial score (nSPS) is 12.3. The molecule has 0 bridgehead atoms. The first-order chi connectivity index (χ1) is 19.1. The van der Waals surface area contributed by atoms with Crippen LogP contribution in [0, 0.1) is 6.92 Å². The fourth-order valence-electron chi connectivity index (χ4n) is 4.12. The van der Waals surface area contributed by atoms with E-state index in [9.17, 15) is 19.5 Å². The van der Waals surface area contributed by atoms with Gasteiger partial charge in [0, 0.05) is 29.6 Å². The molecule has 0 spiro atoms. The Bertz CT molecular complexity index is 1500. The van der Waals surface area contributed by atoms with Gasteiger partial charge in [-0.3, -0.25) is 14.8 Å². The van der Waals surface area contributed by atoms with Crippen molar-refractivity contribution in [2.24, 2.45) is 7.05 Å². The van der Waals surface area contributed by atoms with Gasteiger partial charge in [0.1, 0.15) is 17.8 Å². The van der Waals surface area contributed by atoms with Crippen molar-refractivity contribution in [3.63, 3.8) is 0 Å². The molecule has 1 heterocycles.